The molecule has 0 radical (unpaired) electrons. The lowest BCUT2D eigenvalue weighted by Gasteiger charge is -2.20. The molecule has 0 unspecified atom stereocenters. The summed E-state index contributed by atoms with van der Waals surface area (Å²) in [5.74, 6) is -0.647. The fraction of sp³-hybridized carbons (Fsp3) is 0.348. The summed E-state index contributed by atoms with van der Waals surface area (Å²) in [6.45, 7) is 3.65. The van der Waals surface area contributed by atoms with Gasteiger partial charge in [-0.2, -0.15) is 0 Å². The number of esters is 1. The van der Waals surface area contributed by atoms with Crippen molar-refractivity contribution in [3.05, 3.63) is 65.2 Å². The zero-order valence-corrected chi connectivity index (χ0v) is 16.6. The van der Waals surface area contributed by atoms with Gasteiger partial charge in [-0.05, 0) is 68.3 Å². The Kier molecular flexibility index (Phi) is 7.00. The first-order valence-corrected chi connectivity index (χ1v) is 10.1. The van der Waals surface area contributed by atoms with Crippen LogP contribution in [0.3, 0.4) is 0 Å². The molecule has 2 aromatic rings. The molecule has 29 heavy (non-hydrogen) atoms. The number of hydrogen-bond acceptors (Lipinski definition) is 4. The van der Waals surface area contributed by atoms with E-state index in [-0.39, 0.29) is 11.8 Å². The Morgan fingerprint density at radius 1 is 0.828 bits per heavy atom. The molecule has 1 aliphatic heterocycles. The van der Waals surface area contributed by atoms with E-state index in [2.05, 4.69) is 5.32 Å². The monoisotopic (exact) mass is 394 g/mol. The predicted molar refractivity (Wildman–Crippen MR) is 111 cm³/mol. The highest BCUT2D eigenvalue weighted by atomic mass is 16.5. The number of rotatable bonds is 5. The van der Waals surface area contributed by atoms with Gasteiger partial charge in [0.1, 0.15) is 0 Å². The Morgan fingerprint density at radius 2 is 1.38 bits per heavy atom. The number of nitrogens with one attached hydrogen (secondary N) is 1. The summed E-state index contributed by atoms with van der Waals surface area (Å²) in [6.07, 6.45) is 4.43. The molecule has 3 rings (SSSR count). The third-order valence-corrected chi connectivity index (χ3v) is 4.94. The van der Waals surface area contributed by atoms with E-state index in [1.807, 2.05) is 4.90 Å². The second-order valence-electron chi connectivity index (χ2n) is 7.04. The van der Waals surface area contributed by atoms with Crippen molar-refractivity contribution in [1.29, 1.82) is 0 Å². The molecule has 0 spiro atoms. The van der Waals surface area contributed by atoms with Crippen LogP contribution in [0.25, 0.3) is 0 Å². The van der Waals surface area contributed by atoms with E-state index < -0.39 is 5.97 Å². The van der Waals surface area contributed by atoms with Gasteiger partial charge >= 0.3 is 5.97 Å². The van der Waals surface area contributed by atoms with Crippen molar-refractivity contribution in [3.8, 4) is 0 Å². The SMILES string of the molecule is CCOC(=O)c1ccc(NC(=O)c2ccc(C(=O)N3CCCCCC3)cc2)cc1. The summed E-state index contributed by atoms with van der Waals surface area (Å²) in [5.41, 5.74) is 2.07. The minimum absolute atomic E-state index is 0.0217. The number of ether oxygens (including phenoxy) is 1. The molecule has 2 amide bonds. The van der Waals surface area contributed by atoms with Gasteiger partial charge in [0, 0.05) is 29.9 Å². The first-order valence-electron chi connectivity index (χ1n) is 10.1. The van der Waals surface area contributed by atoms with Gasteiger partial charge in [-0.25, -0.2) is 4.79 Å². The number of carbonyl (C=O) groups excluding carboxylic acids is 3. The van der Waals surface area contributed by atoms with Crippen LogP contribution < -0.4 is 5.32 Å². The van der Waals surface area contributed by atoms with E-state index in [9.17, 15) is 14.4 Å². The summed E-state index contributed by atoms with van der Waals surface area (Å²) in [7, 11) is 0. The average Bonchev–Trinajstić information content (AvgIpc) is 3.03. The normalized spacial score (nSPS) is 14.0. The number of likely N-dealkylation sites (tertiary alicyclic amines) is 1. The molecule has 1 heterocycles. The molecule has 0 atom stereocenters. The van der Waals surface area contributed by atoms with E-state index in [0.29, 0.717) is 29.0 Å². The van der Waals surface area contributed by atoms with Crippen LogP contribution in [0.2, 0.25) is 0 Å². The molecule has 1 fully saturated rings. The fourth-order valence-electron chi connectivity index (χ4n) is 3.33. The topological polar surface area (TPSA) is 75.7 Å². The molecular weight excluding hydrogens is 368 g/mol. The Hall–Kier alpha value is -3.15. The third-order valence-electron chi connectivity index (χ3n) is 4.94. The van der Waals surface area contributed by atoms with Gasteiger partial charge in [-0.15, -0.1) is 0 Å². The molecule has 0 aliphatic carbocycles. The molecule has 0 aromatic heterocycles. The molecule has 152 valence electrons. The Morgan fingerprint density at radius 3 is 1.97 bits per heavy atom. The molecule has 1 saturated heterocycles. The predicted octanol–water partition coefficient (Wildman–Crippen LogP) is 4.13. The van der Waals surface area contributed by atoms with Crippen molar-refractivity contribution in [2.75, 3.05) is 25.0 Å². The van der Waals surface area contributed by atoms with Crippen LogP contribution in [-0.2, 0) is 4.74 Å². The maximum atomic E-state index is 12.6. The zero-order chi connectivity index (χ0) is 20.6. The molecular formula is C23H26N2O4. The quantitative estimate of drug-likeness (QED) is 0.774. The van der Waals surface area contributed by atoms with Crippen LogP contribution in [0.4, 0.5) is 5.69 Å². The smallest absolute Gasteiger partial charge is 0.338 e. The summed E-state index contributed by atoms with van der Waals surface area (Å²) >= 11 is 0. The van der Waals surface area contributed by atoms with Gasteiger partial charge in [0.05, 0.1) is 12.2 Å². The van der Waals surface area contributed by atoms with E-state index in [1.165, 1.54) is 12.8 Å². The summed E-state index contributed by atoms with van der Waals surface area (Å²) in [5, 5.41) is 2.79. The van der Waals surface area contributed by atoms with Crippen LogP contribution in [0.15, 0.2) is 48.5 Å². The first kappa shape index (κ1) is 20.6. The number of carbonyl (C=O) groups is 3. The van der Waals surface area contributed by atoms with Gasteiger partial charge in [0.25, 0.3) is 11.8 Å². The lowest BCUT2D eigenvalue weighted by Crippen LogP contribution is -2.31. The molecule has 1 aliphatic rings. The fourth-order valence-corrected chi connectivity index (χ4v) is 3.33. The highest BCUT2D eigenvalue weighted by molar-refractivity contribution is 6.05. The molecule has 6 heteroatoms. The van der Waals surface area contributed by atoms with Crippen molar-refractivity contribution in [2.45, 2.75) is 32.6 Å². The van der Waals surface area contributed by atoms with E-state index in [4.69, 9.17) is 4.74 Å². The molecule has 0 bridgehead atoms. The van der Waals surface area contributed by atoms with Crippen LogP contribution in [0.5, 0.6) is 0 Å². The highest BCUT2D eigenvalue weighted by Crippen LogP contribution is 2.16. The second kappa shape index (κ2) is 9.87. The molecule has 2 aromatic carbocycles. The van der Waals surface area contributed by atoms with Crippen molar-refractivity contribution in [2.24, 2.45) is 0 Å². The Labute approximate surface area is 170 Å². The number of hydrogen-bond donors (Lipinski definition) is 1. The molecule has 1 N–H and O–H groups in total. The minimum Gasteiger partial charge on any atom is -0.462 e. The highest BCUT2D eigenvalue weighted by Gasteiger charge is 2.17. The standard InChI is InChI=1S/C23H26N2O4/c1-2-29-23(28)19-11-13-20(14-12-19)24-21(26)17-7-9-18(10-8-17)22(27)25-15-5-3-4-6-16-25/h7-14H,2-6,15-16H2,1H3,(H,24,26). The van der Waals surface area contributed by atoms with E-state index >= 15 is 0 Å². The third kappa shape index (κ3) is 5.44. The lowest BCUT2D eigenvalue weighted by atomic mass is 10.1. The van der Waals surface area contributed by atoms with Gasteiger partial charge in [-0.1, -0.05) is 12.8 Å². The van der Waals surface area contributed by atoms with Gasteiger partial charge in [0.15, 0.2) is 0 Å². The van der Waals surface area contributed by atoms with E-state index in [1.54, 1.807) is 55.5 Å². The Balaban J connectivity index is 1.61. The number of benzene rings is 2. The van der Waals surface area contributed by atoms with Gasteiger partial charge < -0.3 is 15.0 Å². The van der Waals surface area contributed by atoms with Crippen molar-refractivity contribution in [1.82, 2.24) is 4.90 Å². The van der Waals surface area contributed by atoms with Crippen molar-refractivity contribution in [3.63, 3.8) is 0 Å². The summed E-state index contributed by atoms with van der Waals surface area (Å²) in [4.78, 5) is 38.7. The minimum atomic E-state index is -0.393. The van der Waals surface area contributed by atoms with Crippen LogP contribution in [-0.4, -0.2) is 42.4 Å². The average molecular weight is 394 g/mol. The largest absolute Gasteiger partial charge is 0.462 e. The van der Waals surface area contributed by atoms with Crippen LogP contribution in [0, 0.1) is 0 Å². The molecule has 6 nitrogen and oxygen atoms in total. The zero-order valence-electron chi connectivity index (χ0n) is 16.6. The van der Waals surface area contributed by atoms with Crippen molar-refractivity contribution >= 4 is 23.5 Å². The second-order valence-corrected chi connectivity index (χ2v) is 7.04. The number of amides is 2. The maximum absolute atomic E-state index is 12.6. The Bertz CT molecular complexity index is 851. The van der Waals surface area contributed by atoms with E-state index in [0.717, 1.165) is 25.9 Å². The maximum Gasteiger partial charge on any atom is 0.338 e. The summed E-state index contributed by atoms with van der Waals surface area (Å²) in [6, 6.07) is 13.2. The van der Waals surface area contributed by atoms with Gasteiger partial charge in [0.2, 0.25) is 0 Å². The first-order chi connectivity index (χ1) is 14.1. The molecule has 0 saturated carbocycles. The summed E-state index contributed by atoms with van der Waals surface area (Å²) < 4.78 is 4.94. The van der Waals surface area contributed by atoms with Gasteiger partial charge in [-0.3, -0.25) is 9.59 Å². The number of nitrogens with zero attached hydrogens (tertiary/aromatic N) is 1. The van der Waals surface area contributed by atoms with Crippen LogP contribution in [0.1, 0.15) is 63.7 Å². The van der Waals surface area contributed by atoms with Crippen molar-refractivity contribution < 1.29 is 19.1 Å². The van der Waals surface area contributed by atoms with Crippen LogP contribution >= 0.6 is 0 Å². The lowest BCUT2D eigenvalue weighted by molar-refractivity contribution is 0.0526. The number of anilines is 1.